The Kier molecular flexibility index (Phi) is 7.38. The number of hydrogen-bond donors (Lipinski definition) is 1. The minimum atomic E-state index is -0.780. The summed E-state index contributed by atoms with van der Waals surface area (Å²) in [4.78, 5) is 33.9. The molecule has 3 aromatic rings. The molecule has 2 heterocycles. The zero-order valence-corrected chi connectivity index (χ0v) is 20.2. The van der Waals surface area contributed by atoms with Gasteiger partial charge >= 0.3 is 0 Å². The van der Waals surface area contributed by atoms with Gasteiger partial charge in [0.15, 0.2) is 0 Å². The highest BCUT2D eigenvalue weighted by molar-refractivity contribution is 7.98. The molecule has 1 aliphatic rings. The normalized spacial score (nSPS) is 15.3. The van der Waals surface area contributed by atoms with Crippen LogP contribution in [-0.4, -0.2) is 44.7 Å². The van der Waals surface area contributed by atoms with Gasteiger partial charge in [-0.25, -0.2) is 4.98 Å². The number of fused-ring (bicyclic) bond motifs is 1. The Morgan fingerprint density at radius 2 is 1.79 bits per heavy atom. The number of benzene rings is 1. The smallest absolute Gasteiger partial charge is 0.252 e. The van der Waals surface area contributed by atoms with E-state index in [-0.39, 0.29) is 11.8 Å². The van der Waals surface area contributed by atoms with Crippen molar-refractivity contribution in [3.8, 4) is 0 Å². The molecule has 2 amide bonds. The lowest BCUT2D eigenvalue weighted by molar-refractivity contribution is -0.139. The van der Waals surface area contributed by atoms with Crippen LogP contribution in [0.1, 0.15) is 62.0 Å². The van der Waals surface area contributed by atoms with E-state index in [1.165, 1.54) is 0 Å². The summed E-state index contributed by atoms with van der Waals surface area (Å²) in [6.45, 7) is 5.29. The zero-order valence-electron chi connectivity index (χ0n) is 19.4. The lowest BCUT2D eigenvalue weighted by atomic mass is 9.80. The number of rotatable bonds is 8. The van der Waals surface area contributed by atoms with Crippen LogP contribution in [0.4, 0.5) is 0 Å². The molecule has 0 bridgehead atoms. The van der Waals surface area contributed by atoms with Gasteiger partial charge in [-0.15, -0.1) is 11.8 Å². The molecule has 2 aromatic heterocycles. The summed E-state index contributed by atoms with van der Waals surface area (Å²) in [6.07, 6.45) is 8.50. The summed E-state index contributed by atoms with van der Waals surface area (Å²) in [5.41, 5.74) is 1.76. The molecule has 1 fully saturated rings. The summed E-state index contributed by atoms with van der Waals surface area (Å²) in [5.74, 6) is 0.642. The molecule has 0 saturated heterocycles. The Morgan fingerprint density at radius 3 is 2.45 bits per heavy atom. The van der Waals surface area contributed by atoms with Crippen LogP contribution in [0.25, 0.3) is 5.65 Å². The SMILES string of the molecule is CCN(CC)C(=O)C1(NC(=O)c2ccc(SCc3cn4ccccc4n3)cc2)CCCCC1. The average Bonchev–Trinajstić information content (AvgIpc) is 3.27. The number of imidazole rings is 1. The predicted molar refractivity (Wildman–Crippen MR) is 132 cm³/mol. The summed E-state index contributed by atoms with van der Waals surface area (Å²) >= 11 is 1.69. The third-order valence-electron chi connectivity index (χ3n) is 6.44. The number of carbonyl (C=O) groups excluding carboxylic acids is 2. The van der Waals surface area contributed by atoms with E-state index in [4.69, 9.17) is 0 Å². The maximum Gasteiger partial charge on any atom is 0.252 e. The molecule has 1 aliphatic carbocycles. The van der Waals surface area contributed by atoms with E-state index < -0.39 is 5.54 Å². The van der Waals surface area contributed by atoms with Crippen LogP contribution in [0.3, 0.4) is 0 Å². The Bertz CT molecular complexity index is 1070. The van der Waals surface area contributed by atoms with Gasteiger partial charge in [-0.3, -0.25) is 9.59 Å². The van der Waals surface area contributed by atoms with E-state index in [1.807, 2.05) is 78.0 Å². The highest BCUT2D eigenvalue weighted by Gasteiger charge is 2.42. The largest absolute Gasteiger partial charge is 0.341 e. The minimum Gasteiger partial charge on any atom is -0.341 e. The molecule has 1 aromatic carbocycles. The lowest BCUT2D eigenvalue weighted by Gasteiger charge is -2.40. The summed E-state index contributed by atoms with van der Waals surface area (Å²) in [7, 11) is 0. The summed E-state index contributed by atoms with van der Waals surface area (Å²) < 4.78 is 2.02. The van der Waals surface area contributed by atoms with Crippen molar-refractivity contribution in [1.82, 2.24) is 19.6 Å². The van der Waals surface area contributed by atoms with E-state index >= 15 is 0 Å². The number of aromatic nitrogens is 2. The Morgan fingerprint density at radius 1 is 1.06 bits per heavy atom. The Labute approximate surface area is 199 Å². The molecule has 33 heavy (non-hydrogen) atoms. The van der Waals surface area contributed by atoms with E-state index in [2.05, 4.69) is 10.3 Å². The molecule has 4 rings (SSSR count). The molecular formula is C26H32N4O2S. The van der Waals surface area contributed by atoms with E-state index in [1.54, 1.807) is 11.8 Å². The molecule has 0 unspecified atom stereocenters. The van der Waals surface area contributed by atoms with Crippen molar-refractivity contribution >= 4 is 29.2 Å². The van der Waals surface area contributed by atoms with Gasteiger partial charge in [0.2, 0.25) is 5.91 Å². The highest BCUT2D eigenvalue weighted by Crippen LogP contribution is 2.31. The number of likely N-dealkylation sites (N-methyl/N-ethyl adjacent to an activating group) is 1. The van der Waals surface area contributed by atoms with Gasteiger partial charge in [-0.1, -0.05) is 25.3 Å². The fourth-order valence-corrected chi connectivity index (χ4v) is 5.35. The van der Waals surface area contributed by atoms with E-state index in [0.717, 1.165) is 41.3 Å². The molecule has 7 heteroatoms. The second kappa shape index (κ2) is 10.4. The topological polar surface area (TPSA) is 66.7 Å². The van der Waals surface area contributed by atoms with Gasteiger partial charge in [-0.2, -0.15) is 0 Å². The van der Waals surface area contributed by atoms with Crippen LogP contribution in [0, 0.1) is 0 Å². The third kappa shape index (κ3) is 5.24. The fourth-order valence-electron chi connectivity index (χ4n) is 4.57. The molecule has 0 radical (unpaired) electrons. The number of carbonyl (C=O) groups is 2. The lowest BCUT2D eigenvalue weighted by Crippen LogP contribution is -2.60. The number of pyridine rings is 1. The molecule has 1 saturated carbocycles. The zero-order chi connectivity index (χ0) is 23.3. The van der Waals surface area contributed by atoms with Crippen molar-refractivity contribution in [3.63, 3.8) is 0 Å². The molecular weight excluding hydrogens is 432 g/mol. The maximum absolute atomic E-state index is 13.3. The Balaban J connectivity index is 1.41. The van der Waals surface area contributed by atoms with E-state index in [9.17, 15) is 9.59 Å². The van der Waals surface area contributed by atoms with Gasteiger partial charge in [-0.05, 0) is 63.1 Å². The van der Waals surface area contributed by atoms with Crippen LogP contribution in [0.2, 0.25) is 0 Å². The van der Waals surface area contributed by atoms with Crippen molar-refractivity contribution in [2.75, 3.05) is 13.1 Å². The van der Waals surface area contributed by atoms with Crippen LogP contribution >= 0.6 is 11.8 Å². The third-order valence-corrected chi connectivity index (χ3v) is 7.48. The molecule has 1 N–H and O–H groups in total. The maximum atomic E-state index is 13.3. The molecule has 174 valence electrons. The highest BCUT2D eigenvalue weighted by atomic mass is 32.2. The Hall–Kier alpha value is -2.80. The number of amides is 2. The van der Waals surface area contributed by atoms with Crippen molar-refractivity contribution in [2.24, 2.45) is 0 Å². The van der Waals surface area contributed by atoms with Crippen LogP contribution < -0.4 is 5.32 Å². The summed E-state index contributed by atoms with van der Waals surface area (Å²) in [5, 5.41) is 3.14. The number of thioether (sulfide) groups is 1. The first kappa shape index (κ1) is 23.4. The number of nitrogens with zero attached hydrogens (tertiary/aromatic N) is 3. The van der Waals surface area contributed by atoms with Crippen molar-refractivity contribution in [1.29, 1.82) is 0 Å². The van der Waals surface area contributed by atoms with Gasteiger partial charge in [0.05, 0.1) is 5.69 Å². The van der Waals surface area contributed by atoms with Crippen LogP contribution in [0.15, 0.2) is 59.8 Å². The molecule has 0 atom stereocenters. The second-order valence-electron chi connectivity index (χ2n) is 8.59. The summed E-state index contributed by atoms with van der Waals surface area (Å²) in [6, 6.07) is 13.6. The van der Waals surface area contributed by atoms with Gasteiger partial charge in [0.25, 0.3) is 5.91 Å². The van der Waals surface area contributed by atoms with Gasteiger partial charge in [0, 0.05) is 41.7 Å². The average molecular weight is 465 g/mol. The first-order chi connectivity index (χ1) is 16.0. The van der Waals surface area contributed by atoms with Crippen molar-refractivity contribution in [2.45, 2.75) is 62.1 Å². The predicted octanol–water partition coefficient (Wildman–Crippen LogP) is 4.93. The van der Waals surface area contributed by atoms with Crippen LogP contribution in [-0.2, 0) is 10.5 Å². The number of nitrogens with one attached hydrogen (secondary N) is 1. The standard InChI is InChI=1S/C26H32N4O2S/c1-3-29(4-2)25(32)26(15-7-5-8-16-26)28-24(31)20-11-13-22(14-12-20)33-19-21-18-30-17-9-6-10-23(30)27-21/h6,9-14,17-18H,3-5,7-8,15-16,19H2,1-2H3,(H,28,31). The monoisotopic (exact) mass is 464 g/mol. The van der Waals surface area contributed by atoms with Gasteiger partial charge < -0.3 is 14.6 Å². The van der Waals surface area contributed by atoms with Crippen molar-refractivity contribution in [3.05, 3.63) is 66.1 Å². The minimum absolute atomic E-state index is 0.0557. The second-order valence-corrected chi connectivity index (χ2v) is 9.63. The molecule has 6 nitrogen and oxygen atoms in total. The van der Waals surface area contributed by atoms with Crippen molar-refractivity contribution < 1.29 is 9.59 Å². The fraction of sp³-hybridized carbons (Fsp3) is 0.423. The first-order valence-corrected chi connectivity index (χ1v) is 12.8. The molecule has 0 aliphatic heterocycles. The van der Waals surface area contributed by atoms with Crippen LogP contribution in [0.5, 0.6) is 0 Å². The van der Waals surface area contributed by atoms with Gasteiger partial charge in [0.1, 0.15) is 11.2 Å². The quantitative estimate of drug-likeness (QED) is 0.480. The number of hydrogen-bond acceptors (Lipinski definition) is 4. The first-order valence-electron chi connectivity index (χ1n) is 11.8. The molecule has 0 spiro atoms. The van der Waals surface area contributed by atoms with E-state index in [0.29, 0.717) is 31.5 Å².